The number of hydrogen-bond donors (Lipinski definition) is 2. The molecule has 1 aromatic heterocycles. The van der Waals surface area contributed by atoms with E-state index in [-0.39, 0.29) is 5.91 Å². The minimum Gasteiger partial charge on any atom is -0.361 e. The number of carbonyl (C=O) groups is 2. The molecule has 1 aromatic carbocycles. The van der Waals surface area contributed by atoms with Gasteiger partial charge in [0.05, 0.1) is 6.04 Å². The highest BCUT2D eigenvalue weighted by atomic mass is 16.2. The van der Waals surface area contributed by atoms with Gasteiger partial charge in [0.15, 0.2) is 0 Å². The largest absolute Gasteiger partial charge is 0.361 e. The maximum absolute atomic E-state index is 12.1. The van der Waals surface area contributed by atoms with Gasteiger partial charge in [-0.1, -0.05) is 13.8 Å². The van der Waals surface area contributed by atoms with E-state index in [0.717, 1.165) is 17.2 Å². The quantitative estimate of drug-likeness (QED) is 0.809. The van der Waals surface area contributed by atoms with Gasteiger partial charge < -0.3 is 15.1 Å². The number of nitrogens with one attached hydrogen (secondary N) is 2. The number of aldehydes is 1. The number of amides is 1. The lowest BCUT2D eigenvalue weighted by Crippen LogP contribution is -2.36. The van der Waals surface area contributed by atoms with E-state index in [1.165, 1.54) is 0 Å². The van der Waals surface area contributed by atoms with E-state index in [4.69, 9.17) is 0 Å². The van der Waals surface area contributed by atoms with E-state index in [9.17, 15) is 9.59 Å². The van der Waals surface area contributed by atoms with Crippen molar-refractivity contribution < 1.29 is 9.59 Å². The normalized spacial score (nSPS) is 12.6. The third-order valence-electron chi connectivity index (χ3n) is 3.02. The first-order valence-corrected chi connectivity index (χ1v) is 6.43. The Bertz CT molecular complexity index is 587. The summed E-state index contributed by atoms with van der Waals surface area (Å²) in [6.07, 6.45) is 3.29. The third-order valence-corrected chi connectivity index (χ3v) is 3.02. The molecule has 1 amide bonds. The fourth-order valence-electron chi connectivity index (χ4n) is 2.10. The number of rotatable bonds is 5. The highest BCUT2D eigenvalue weighted by Gasteiger charge is 2.14. The molecule has 0 spiro atoms. The fourth-order valence-corrected chi connectivity index (χ4v) is 2.10. The van der Waals surface area contributed by atoms with Crippen LogP contribution in [0.4, 0.5) is 0 Å². The van der Waals surface area contributed by atoms with Crippen LogP contribution < -0.4 is 5.32 Å². The zero-order valence-electron chi connectivity index (χ0n) is 11.1. The first kappa shape index (κ1) is 13.3. The molecule has 0 bridgehead atoms. The maximum Gasteiger partial charge on any atom is 0.251 e. The number of aromatic nitrogens is 1. The molecule has 0 aliphatic carbocycles. The summed E-state index contributed by atoms with van der Waals surface area (Å²) in [5, 5.41) is 3.74. The monoisotopic (exact) mass is 258 g/mol. The second kappa shape index (κ2) is 5.69. The van der Waals surface area contributed by atoms with E-state index < -0.39 is 6.04 Å². The Morgan fingerprint density at radius 1 is 1.37 bits per heavy atom. The molecule has 1 heterocycles. The van der Waals surface area contributed by atoms with Crippen LogP contribution in [0.15, 0.2) is 30.5 Å². The molecule has 0 saturated carbocycles. The number of carbonyl (C=O) groups excluding carboxylic acids is 2. The van der Waals surface area contributed by atoms with Gasteiger partial charge in [-0.3, -0.25) is 4.79 Å². The van der Waals surface area contributed by atoms with E-state index in [0.29, 0.717) is 17.9 Å². The summed E-state index contributed by atoms with van der Waals surface area (Å²) in [5.41, 5.74) is 1.56. The van der Waals surface area contributed by atoms with Gasteiger partial charge in [0, 0.05) is 22.7 Å². The average Bonchev–Trinajstić information content (AvgIpc) is 2.84. The zero-order valence-corrected chi connectivity index (χ0v) is 11.1. The SMILES string of the molecule is CC(C)C[C@@H](C=O)NC(=O)c1ccc2[nH]ccc2c1. The van der Waals surface area contributed by atoms with Crippen molar-refractivity contribution in [1.82, 2.24) is 10.3 Å². The van der Waals surface area contributed by atoms with Crippen LogP contribution in [0.25, 0.3) is 10.9 Å². The summed E-state index contributed by atoms with van der Waals surface area (Å²) in [6.45, 7) is 4.04. The summed E-state index contributed by atoms with van der Waals surface area (Å²) >= 11 is 0. The van der Waals surface area contributed by atoms with Crippen LogP contribution in [0.1, 0.15) is 30.6 Å². The predicted molar refractivity (Wildman–Crippen MR) is 75.1 cm³/mol. The molecule has 2 N–H and O–H groups in total. The smallest absolute Gasteiger partial charge is 0.251 e. The molecule has 0 aliphatic rings. The number of benzene rings is 1. The van der Waals surface area contributed by atoms with E-state index >= 15 is 0 Å². The van der Waals surface area contributed by atoms with Crippen LogP contribution in [-0.2, 0) is 4.79 Å². The fraction of sp³-hybridized carbons (Fsp3) is 0.333. The molecule has 2 aromatic rings. The van der Waals surface area contributed by atoms with Crippen molar-refractivity contribution in [3.63, 3.8) is 0 Å². The molecule has 0 aliphatic heterocycles. The summed E-state index contributed by atoms with van der Waals surface area (Å²) in [6, 6.07) is 6.93. The maximum atomic E-state index is 12.1. The van der Waals surface area contributed by atoms with Gasteiger partial charge in [0.1, 0.15) is 6.29 Å². The van der Waals surface area contributed by atoms with Crippen LogP contribution in [0.5, 0.6) is 0 Å². The number of H-pyrrole nitrogens is 1. The molecule has 0 unspecified atom stereocenters. The Kier molecular flexibility index (Phi) is 4.00. The average molecular weight is 258 g/mol. The zero-order chi connectivity index (χ0) is 13.8. The Balaban J connectivity index is 2.11. The molecule has 4 nitrogen and oxygen atoms in total. The standard InChI is InChI=1S/C15H18N2O2/c1-10(2)7-13(9-18)17-15(19)12-3-4-14-11(8-12)5-6-16-14/h3-6,8-10,13,16H,7H2,1-2H3,(H,17,19)/t13-/m0/s1. The Hall–Kier alpha value is -2.10. The van der Waals surface area contributed by atoms with E-state index in [2.05, 4.69) is 10.3 Å². The van der Waals surface area contributed by atoms with Crippen molar-refractivity contribution in [2.75, 3.05) is 0 Å². The molecule has 4 heteroatoms. The van der Waals surface area contributed by atoms with Crippen LogP contribution in [-0.4, -0.2) is 23.2 Å². The highest BCUT2D eigenvalue weighted by Crippen LogP contribution is 2.14. The van der Waals surface area contributed by atoms with Crippen molar-refractivity contribution in [2.45, 2.75) is 26.3 Å². The molecule has 2 rings (SSSR count). The Morgan fingerprint density at radius 3 is 2.84 bits per heavy atom. The van der Waals surface area contributed by atoms with Gasteiger partial charge in [-0.25, -0.2) is 0 Å². The molecule has 0 saturated heterocycles. The minimum absolute atomic E-state index is 0.208. The Morgan fingerprint density at radius 2 is 2.16 bits per heavy atom. The number of hydrogen-bond acceptors (Lipinski definition) is 2. The van der Waals surface area contributed by atoms with Gasteiger partial charge in [0.25, 0.3) is 5.91 Å². The van der Waals surface area contributed by atoms with Gasteiger partial charge >= 0.3 is 0 Å². The van der Waals surface area contributed by atoms with Crippen LogP contribution in [0.3, 0.4) is 0 Å². The van der Waals surface area contributed by atoms with Crippen molar-refractivity contribution in [3.8, 4) is 0 Å². The molecule has 0 radical (unpaired) electrons. The lowest BCUT2D eigenvalue weighted by molar-refractivity contribution is -0.109. The minimum atomic E-state index is -0.422. The third kappa shape index (κ3) is 3.22. The number of fused-ring (bicyclic) bond motifs is 1. The Labute approximate surface area is 112 Å². The first-order valence-electron chi connectivity index (χ1n) is 6.43. The van der Waals surface area contributed by atoms with Crippen molar-refractivity contribution >= 4 is 23.1 Å². The lowest BCUT2D eigenvalue weighted by Gasteiger charge is -2.14. The van der Waals surface area contributed by atoms with Crippen LogP contribution >= 0.6 is 0 Å². The lowest BCUT2D eigenvalue weighted by atomic mass is 10.0. The molecule has 19 heavy (non-hydrogen) atoms. The van der Waals surface area contributed by atoms with Crippen LogP contribution in [0, 0.1) is 5.92 Å². The van der Waals surface area contributed by atoms with Crippen molar-refractivity contribution in [1.29, 1.82) is 0 Å². The van der Waals surface area contributed by atoms with E-state index in [1.807, 2.05) is 38.2 Å². The van der Waals surface area contributed by atoms with E-state index in [1.54, 1.807) is 6.07 Å². The second-order valence-corrected chi connectivity index (χ2v) is 5.13. The van der Waals surface area contributed by atoms with Gasteiger partial charge in [0.2, 0.25) is 0 Å². The topological polar surface area (TPSA) is 62.0 Å². The first-order chi connectivity index (χ1) is 9.10. The predicted octanol–water partition coefficient (Wildman–Crippen LogP) is 2.51. The highest BCUT2D eigenvalue weighted by molar-refractivity contribution is 5.99. The summed E-state index contributed by atoms with van der Waals surface area (Å²) in [7, 11) is 0. The summed E-state index contributed by atoms with van der Waals surface area (Å²) < 4.78 is 0. The molecule has 0 fully saturated rings. The summed E-state index contributed by atoms with van der Waals surface area (Å²) in [4.78, 5) is 26.1. The van der Waals surface area contributed by atoms with Gasteiger partial charge in [-0.2, -0.15) is 0 Å². The molecular weight excluding hydrogens is 240 g/mol. The van der Waals surface area contributed by atoms with Crippen molar-refractivity contribution in [3.05, 3.63) is 36.0 Å². The van der Waals surface area contributed by atoms with Crippen LogP contribution in [0.2, 0.25) is 0 Å². The van der Waals surface area contributed by atoms with Gasteiger partial charge in [-0.15, -0.1) is 0 Å². The molecule has 1 atom stereocenters. The molecule has 100 valence electrons. The number of aromatic amines is 1. The molecular formula is C15H18N2O2. The van der Waals surface area contributed by atoms with Gasteiger partial charge in [-0.05, 0) is 36.6 Å². The van der Waals surface area contributed by atoms with Crippen molar-refractivity contribution in [2.24, 2.45) is 5.92 Å². The second-order valence-electron chi connectivity index (χ2n) is 5.13. The summed E-state index contributed by atoms with van der Waals surface area (Å²) in [5.74, 6) is 0.156.